The van der Waals surface area contributed by atoms with Crippen molar-refractivity contribution in [2.75, 3.05) is 0 Å². The number of nitrogens with zero attached hydrogens (tertiary/aromatic N) is 2. The fraction of sp³-hybridized carbons (Fsp3) is 0.250. The molecule has 0 fully saturated rings. The van der Waals surface area contributed by atoms with Gasteiger partial charge in [-0.1, -0.05) is 0 Å². The first-order valence-electron chi connectivity index (χ1n) is 5.37. The Labute approximate surface area is 102 Å². The molecular formula is C12H11F3N2O. The largest absolute Gasteiger partial charge is 0.426 e. The van der Waals surface area contributed by atoms with Crippen molar-refractivity contribution in [3.63, 3.8) is 0 Å². The summed E-state index contributed by atoms with van der Waals surface area (Å²) in [4.78, 5) is 3.97. The van der Waals surface area contributed by atoms with Crippen molar-refractivity contribution in [1.82, 2.24) is 9.55 Å². The summed E-state index contributed by atoms with van der Waals surface area (Å²) in [5.41, 5.74) is -0.700. The molecule has 96 valence electrons. The van der Waals surface area contributed by atoms with E-state index >= 15 is 0 Å². The van der Waals surface area contributed by atoms with Crippen molar-refractivity contribution >= 4 is 0 Å². The minimum absolute atomic E-state index is 0.323. The lowest BCUT2D eigenvalue weighted by atomic mass is 10.2. The molecule has 2 aromatic rings. The number of rotatable bonds is 3. The highest BCUT2D eigenvalue weighted by atomic mass is 19.4. The summed E-state index contributed by atoms with van der Waals surface area (Å²) >= 11 is 0. The first-order chi connectivity index (χ1) is 8.50. The third-order valence-corrected chi connectivity index (χ3v) is 2.41. The van der Waals surface area contributed by atoms with Gasteiger partial charge in [0, 0.05) is 18.9 Å². The lowest BCUT2D eigenvalue weighted by Crippen LogP contribution is -2.04. The second kappa shape index (κ2) is 4.72. The summed E-state index contributed by atoms with van der Waals surface area (Å²) in [6.45, 7) is 2.59. The molecule has 2 rings (SSSR count). The quantitative estimate of drug-likeness (QED) is 0.837. The number of benzene rings is 1. The third kappa shape index (κ3) is 2.64. The van der Waals surface area contributed by atoms with Gasteiger partial charge >= 0.3 is 12.2 Å². The van der Waals surface area contributed by atoms with Crippen LogP contribution in [0, 0.1) is 0 Å². The fourth-order valence-corrected chi connectivity index (χ4v) is 1.46. The van der Waals surface area contributed by atoms with Crippen LogP contribution in [0.15, 0.2) is 36.7 Å². The molecule has 0 aliphatic carbocycles. The monoisotopic (exact) mass is 256 g/mol. The van der Waals surface area contributed by atoms with Crippen molar-refractivity contribution in [2.24, 2.45) is 0 Å². The second-order valence-electron chi connectivity index (χ2n) is 3.62. The Morgan fingerprint density at radius 1 is 1.22 bits per heavy atom. The summed E-state index contributed by atoms with van der Waals surface area (Å²) in [5.74, 6) is 0.323. The van der Waals surface area contributed by atoms with Gasteiger partial charge in [-0.05, 0) is 31.2 Å². The summed E-state index contributed by atoms with van der Waals surface area (Å²) in [6, 6.07) is 4.87. The molecule has 0 aliphatic heterocycles. The van der Waals surface area contributed by atoms with Crippen LogP contribution >= 0.6 is 0 Å². The minimum Gasteiger partial charge on any atom is -0.426 e. The number of aromatic nitrogens is 2. The molecular weight excluding hydrogens is 245 g/mol. The molecule has 18 heavy (non-hydrogen) atoms. The van der Waals surface area contributed by atoms with E-state index in [4.69, 9.17) is 4.74 Å². The molecule has 0 spiro atoms. The fourth-order valence-electron chi connectivity index (χ4n) is 1.46. The van der Waals surface area contributed by atoms with Gasteiger partial charge in [0.2, 0.25) is 0 Å². The average molecular weight is 256 g/mol. The maximum atomic E-state index is 12.4. The van der Waals surface area contributed by atoms with Gasteiger partial charge in [-0.25, -0.2) is 4.98 Å². The highest BCUT2D eigenvalue weighted by Gasteiger charge is 2.30. The Morgan fingerprint density at radius 2 is 1.89 bits per heavy atom. The number of alkyl halides is 3. The number of hydrogen-bond donors (Lipinski definition) is 0. The molecule has 3 nitrogen and oxygen atoms in total. The van der Waals surface area contributed by atoms with Crippen LogP contribution in [0.5, 0.6) is 11.8 Å². The van der Waals surface area contributed by atoms with Crippen LogP contribution in [0.1, 0.15) is 12.5 Å². The number of imidazole rings is 1. The summed E-state index contributed by atoms with van der Waals surface area (Å²) in [7, 11) is 0. The van der Waals surface area contributed by atoms with Crippen LogP contribution in [-0.2, 0) is 12.7 Å². The summed E-state index contributed by atoms with van der Waals surface area (Å²) < 4.78 is 44.2. The molecule has 1 aromatic carbocycles. The standard InChI is InChI=1S/C12H11F3N2O/c1-2-17-8-7-16-11(17)18-10-5-3-9(4-6-10)12(13,14)15/h3-8H,2H2,1H3. The van der Waals surface area contributed by atoms with Gasteiger partial charge in [-0.15, -0.1) is 0 Å². The Balaban J connectivity index is 2.16. The van der Waals surface area contributed by atoms with Gasteiger partial charge in [0.05, 0.1) is 5.56 Å². The van der Waals surface area contributed by atoms with Crippen molar-refractivity contribution < 1.29 is 17.9 Å². The van der Waals surface area contributed by atoms with Crippen LogP contribution < -0.4 is 4.74 Å². The van der Waals surface area contributed by atoms with E-state index in [1.165, 1.54) is 12.1 Å². The topological polar surface area (TPSA) is 27.1 Å². The molecule has 0 atom stereocenters. The SMILES string of the molecule is CCn1ccnc1Oc1ccc(C(F)(F)F)cc1. The van der Waals surface area contributed by atoms with Crippen LogP contribution in [0.4, 0.5) is 13.2 Å². The first-order valence-corrected chi connectivity index (χ1v) is 5.37. The van der Waals surface area contributed by atoms with Gasteiger partial charge in [-0.3, -0.25) is 0 Å². The second-order valence-corrected chi connectivity index (χ2v) is 3.62. The van der Waals surface area contributed by atoms with Gasteiger partial charge in [0.1, 0.15) is 5.75 Å². The summed E-state index contributed by atoms with van der Waals surface area (Å²) in [6.07, 6.45) is -1.03. The minimum atomic E-state index is -4.33. The van der Waals surface area contributed by atoms with E-state index in [1.807, 2.05) is 6.92 Å². The van der Waals surface area contributed by atoms with Gasteiger partial charge < -0.3 is 9.30 Å². The van der Waals surface area contributed by atoms with Gasteiger partial charge in [0.25, 0.3) is 0 Å². The molecule has 1 heterocycles. The van der Waals surface area contributed by atoms with Crippen LogP contribution in [0.2, 0.25) is 0 Å². The van der Waals surface area contributed by atoms with Gasteiger partial charge in [-0.2, -0.15) is 13.2 Å². The lowest BCUT2D eigenvalue weighted by Gasteiger charge is -2.09. The molecule has 0 N–H and O–H groups in total. The Hall–Kier alpha value is -1.98. The van der Waals surface area contributed by atoms with E-state index in [0.717, 1.165) is 12.1 Å². The van der Waals surface area contributed by atoms with E-state index in [1.54, 1.807) is 17.0 Å². The molecule has 1 aromatic heterocycles. The lowest BCUT2D eigenvalue weighted by molar-refractivity contribution is -0.137. The molecule has 0 aliphatic rings. The zero-order valence-electron chi connectivity index (χ0n) is 9.61. The normalized spacial score (nSPS) is 11.6. The average Bonchev–Trinajstić information content (AvgIpc) is 2.76. The van der Waals surface area contributed by atoms with Crippen molar-refractivity contribution in [2.45, 2.75) is 19.6 Å². The van der Waals surface area contributed by atoms with E-state index in [0.29, 0.717) is 18.3 Å². The van der Waals surface area contributed by atoms with E-state index in [9.17, 15) is 13.2 Å². The Bertz CT molecular complexity index is 517. The van der Waals surface area contributed by atoms with Crippen LogP contribution in [-0.4, -0.2) is 9.55 Å². The number of halogens is 3. The first kappa shape index (κ1) is 12.5. The molecule has 0 saturated heterocycles. The highest BCUT2D eigenvalue weighted by Crippen LogP contribution is 2.31. The van der Waals surface area contributed by atoms with E-state index in [-0.39, 0.29) is 0 Å². The maximum Gasteiger partial charge on any atom is 0.416 e. The van der Waals surface area contributed by atoms with Crippen LogP contribution in [0.25, 0.3) is 0 Å². The smallest absolute Gasteiger partial charge is 0.416 e. The Morgan fingerprint density at radius 3 is 2.44 bits per heavy atom. The van der Waals surface area contributed by atoms with Crippen molar-refractivity contribution in [1.29, 1.82) is 0 Å². The molecule has 0 saturated carbocycles. The predicted octanol–water partition coefficient (Wildman–Crippen LogP) is 3.71. The molecule has 0 amide bonds. The molecule has 0 unspecified atom stereocenters. The van der Waals surface area contributed by atoms with Crippen molar-refractivity contribution in [3.8, 4) is 11.8 Å². The Kier molecular flexibility index (Phi) is 3.27. The third-order valence-electron chi connectivity index (χ3n) is 2.41. The molecule has 0 radical (unpaired) electrons. The zero-order chi connectivity index (χ0) is 13.2. The molecule has 6 heteroatoms. The van der Waals surface area contributed by atoms with Crippen LogP contribution in [0.3, 0.4) is 0 Å². The van der Waals surface area contributed by atoms with Gasteiger partial charge in [0.15, 0.2) is 0 Å². The zero-order valence-corrected chi connectivity index (χ0v) is 9.61. The maximum absolute atomic E-state index is 12.4. The number of aryl methyl sites for hydroxylation is 1. The molecule has 0 bridgehead atoms. The predicted molar refractivity (Wildman–Crippen MR) is 59.4 cm³/mol. The van der Waals surface area contributed by atoms with Crippen molar-refractivity contribution in [3.05, 3.63) is 42.2 Å². The highest BCUT2D eigenvalue weighted by molar-refractivity contribution is 5.30. The van der Waals surface area contributed by atoms with E-state index in [2.05, 4.69) is 4.98 Å². The number of ether oxygens (including phenoxy) is 1. The van der Waals surface area contributed by atoms with E-state index < -0.39 is 11.7 Å². The number of hydrogen-bond acceptors (Lipinski definition) is 2. The summed E-state index contributed by atoms with van der Waals surface area (Å²) in [5, 5.41) is 0.